The van der Waals surface area contributed by atoms with E-state index in [0.717, 1.165) is 12.2 Å². The third-order valence-corrected chi connectivity index (χ3v) is 8.45. The van der Waals surface area contributed by atoms with Gasteiger partial charge in [0, 0.05) is 43.9 Å². The Morgan fingerprint density at radius 1 is 1.26 bits per heavy atom. The molecule has 1 aliphatic heterocycles. The zero-order valence-corrected chi connectivity index (χ0v) is 21.4. The smallest absolute Gasteiger partial charge is 0.268 e. The van der Waals surface area contributed by atoms with Crippen LogP contribution in [0.15, 0.2) is 48.5 Å². The third kappa shape index (κ3) is 5.21. The molecule has 1 saturated heterocycles. The Balaban J connectivity index is 1.49. The summed E-state index contributed by atoms with van der Waals surface area (Å²) in [6.45, 7) is 3.52. The van der Waals surface area contributed by atoms with Gasteiger partial charge >= 0.3 is 0 Å². The molecule has 2 unspecified atom stereocenters. The molecule has 1 aromatic heterocycles. The van der Waals surface area contributed by atoms with Gasteiger partial charge in [-0.25, -0.2) is 13.8 Å². The number of alkyl halides is 2. The lowest BCUT2D eigenvalue weighted by atomic mass is 9.79. The number of nitrogen functional groups attached to an aromatic ring is 1. The number of carbonyl (C=O) groups is 1. The molecule has 2 aliphatic rings. The molecule has 1 saturated carbocycles. The molecule has 2 heterocycles. The summed E-state index contributed by atoms with van der Waals surface area (Å²) in [5.41, 5.74) is 5.10. The summed E-state index contributed by atoms with van der Waals surface area (Å²) in [4.78, 5) is 20.4. The summed E-state index contributed by atoms with van der Waals surface area (Å²) in [6.07, 6.45) is 0.734. The molecule has 1 aliphatic carbocycles. The van der Waals surface area contributed by atoms with Crippen molar-refractivity contribution in [3.05, 3.63) is 59.8 Å². The molecule has 4 atom stereocenters. The lowest BCUT2D eigenvalue weighted by molar-refractivity contribution is -0.155. The van der Waals surface area contributed by atoms with Gasteiger partial charge in [-0.2, -0.15) is 0 Å². The van der Waals surface area contributed by atoms with Crippen molar-refractivity contribution >= 4 is 34.6 Å². The number of pyridine rings is 1. The maximum Gasteiger partial charge on any atom is 0.268 e. The van der Waals surface area contributed by atoms with Gasteiger partial charge in [0.05, 0.1) is 28.6 Å². The van der Waals surface area contributed by atoms with Crippen LogP contribution >= 0.6 is 22.9 Å². The fraction of sp³-hybridized carbons (Fsp3) is 0.520. The van der Waals surface area contributed by atoms with E-state index in [4.69, 9.17) is 5.73 Å². The highest BCUT2D eigenvalue weighted by Gasteiger charge is 2.55. The number of nitrogens with two attached hydrogens (primary N) is 1. The third-order valence-electron chi connectivity index (χ3n) is 7.23. The zero-order valence-electron chi connectivity index (χ0n) is 19.2. The summed E-state index contributed by atoms with van der Waals surface area (Å²) in [5.74, 6) is -3.72. The van der Waals surface area contributed by atoms with Crippen LogP contribution in [0.4, 0.5) is 14.6 Å². The zero-order chi connectivity index (χ0) is 24.5. The predicted molar refractivity (Wildman–Crippen MR) is 135 cm³/mol. The number of likely N-dealkylation sites (tertiary alicyclic amines) is 1. The number of anilines is 1. The first kappa shape index (κ1) is 25.2. The topological polar surface area (TPSA) is 82.7 Å². The van der Waals surface area contributed by atoms with Crippen LogP contribution in [-0.4, -0.2) is 48.6 Å². The number of amides is 1. The van der Waals surface area contributed by atoms with Crippen LogP contribution in [-0.2, 0) is 16.9 Å². The highest BCUT2D eigenvalue weighted by atomic mass is 127. The molecule has 2 fully saturated rings. The van der Waals surface area contributed by atoms with E-state index in [1.54, 1.807) is 39.5 Å². The maximum absolute atomic E-state index is 14.1. The predicted octanol–water partition coefficient (Wildman–Crippen LogP) is 4.52. The van der Waals surface area contributed by atoms with Gasteiger partial charge in [0.25, 0.3) is 5.91 Å². The second kappa shape index (κ2) is 10.0. The molecule has 34 heavy (non-hydrogen) atoms. The average molecular weight is 584 g/mol. The lowest BCUT2D eigenvalue weighted by Crippen LogP contribution is -2.54. The quantitative estimate of drug-likeness (QED) is 0.386. The Bertz CT molecular complexity index is 1010. The van der Waals surface area contributed by atoms with Crippen LogP contribution in [0.5, 0.6) is 0 Å². The minimum absolute atomic E-state index is 0.106. The molecule has 0 bridgehead atoms. The Hall–Kier alpha value is -1.85. The number of halogens is 3. The van der Waals surface area contributed by atoms with E-state index in [9.17, 15) is 18.7 Å². The van der Waals surface area contributed by atoms with Gasteiger partial charge < -0.3 is 10.8 Å². The summed E-state index contributed by atoms with van der Waals surface area (Å²) in [7, 11) is 0. The van der Waals surface area contributed by atoms with Crippen molar-refractivity contribution in [1.82, 2.24) is 13.0 Å². The van der Waals surface area contributed by atoms with Gasteiger partial charge in [-0.05, 0) is 43.9 Å². The van der Waals surface area contributed by atoms with Gasteiger partial charge in [0.1, 0.15) is 5.82 Å². The molecule has 1 amide bonds. The minimum atomic E-state index is -2.86. The summed E-state index contributed by atoms with van der Waals surface area (Å²) < 4.78 is 29.8. The number of aliphatic hydroxyl groups is 1. The summed E-state index contributed by atoms with van der Waals surface area (Å²) in [6, 6.07) is 14.2. The fourth-order valence-corrected chi connectivity index (χ4v) is 6.17. The molecule has 0 spiro atoms. The number of hydrogen-bond acceptors (Lipinski definition) is 5. The second-order valence-electron chi connectivity index (χ2n) is 9.60. The molecular weight excluding hydrogens is 553 g/mol. The number of piperidine rings is 1. The lowest BCUT2D eigenvalue weighted by Gasteiger charge is -2.43. The van der Waals surface area contributed by atoms with Crippen molar-refractivity contribution in [2.45, 2.75) is 69.2 Å². The van der Waals surface area contributed by atoms with Gasteiger partial charge in [-0.1, -0.05) is 36.4 Å². The number of hydrogen-bond donors (Lipinski definition) is 2. The van der Waals surface area contributed by atoms with Crippen molar-refractivity contribution in [1.29, 1.82) is 0 Å². The van der Waals surface area contributed by atoms with Crippen LogP contribution in [0.1, 0.15) is 50.3 Å². The Labute approximate surface area is 213 Å². The van der Waals surface area contributed by atoms with Crippen LogP contribution < -0.4 is 5.73 Å². The molecule has 2 aromatic rings. The maximum atomic E-state index is 14.1. The van der Waals surface area contributed by atoms with Crippen LogP contribution in [0, 0.1) is 5.92 Å². The SMILES string of the molecule is CC1CC(N(I)C(=O)[C@](O)(c2ccccc2)[C@@H]2CCC(F)(F)C2)CCN1Cc1cccc(N)n1. The van der Waals surface area contributed by atoms with E-state index in [2.05, 4.69) is 16.8 Å². The van der Waals surface area contributed by atoms with E-state index in [-0.39, 0.29) is 24.9 Å². The molecule has 4 rings (SSSR count). The minimum Gasteiger partial charge on any atom is -0.384 e. The normalized spacial score (nSPS) is 26.7. The molecule has 184 valence electrons. The van der Waals surface area contributed by atoms with Crippen LogP contribution in [0.3, 0.4) is 0 Å². The van der Waals surface area contributed by atoms with E-state index >= 15 is 0 Å². The highest BCUT2D eigenvalue weighted by molar-refractivity contribution is 14.1. The highest BCUT2D eigenvalue weighted by Crippen LogP contribution is 2.48. The first-order valence-corrected chi connectivity index (χ1v) is 12.7. The largest absolute Gasteiger partial charge is 0.384 e. The van der Waals surface area contributed by atoms with Gasteiger partial charge in [0.2, 0.25) is 5.92 Å². The van der Waals surface area contributed by atoms with E-state index in [1.807, 2.05) is 35.0 Å². The van der Waals surface area contributed by atoms with Gasteiger partial charge in [-0.15, -0.1) is 0 Å². The number of benzene rings is 1. The first-order valence-electron chi connectivity index (χ1n) is 11.7. The number of carbonyl (C=O) groups excluding carboxylic acids is 1. The van der Waals surface area contributed by atoms with Crippen molar-refractivity contribution in [2.75, 3.05) is 12.3 Å². The monoisotopic (exact) mass is 584 g/mol. The summed E-state index contributed by atoms with van der Waals surface area (Å²) in [5, 5.41) is 11.8. The Morgan fingerprint density at radius 3 is 2.62 bits per heavy atom. The average Bonchev–Trinajstić information content (AvgIpc) is 3.19. The van der Waals surface area contributed by atoms with Crippen molar-refractivity contribution in [3.63, 3.8) is 0 Å². The van der Waals surface area contributed by atoms with E-state index in [0.29, 0.717) is 30.8 Å². The fourth-order valence-electron chi connectivity index (χ4n) is 5.29. The van der Waals surface area contributed by atoms with Crippen LogP contribution in [0.2, 0.25) is 0 Å². The number of nitrogens with zero attached hydrogens (tertiary/aromatic N) is 3. The molecule has 0 radical (unpaired) electrons. The van der Waals surface area contributed by atoms with E-state index < -0.39 is 29.8 Å². The second-order valence-corrected chi connectivity index (χ2v) is 10.6. The molecular formula is C25H31F2IN4O2. The van der Waals surface area contributed by atoms with Gasteiger partial charge in [-0.3, -0.25) is 12.8 Å². The van der Waals surface area contributed by atoms with Crippen molar-refractivity contribution < 1.29 is 18.7 Å². The molecule has 3 N–H and O–H groups in total. The summed E-state index contributed by atoms with van der Waals surface area (Å²) >= 11 is 1.97. The number of aromatic nitrogens is 1. The molecule has 9 heteroatoms. The van der Waals surface area contributed by atoms with Crippen LogP contribution in [0.25, 0.3) is 0 Å². The first-order chi connectivity index (χ1) is 16.1. The Kier molecular flexibility index (Phi) is 7.44. The van der Waals surface area contributed by atoms with Crippen molar-refractivity contribution in [3.8, 4) is 0 Å². The van der Waals surface area contributed by atoms with E-state index in [1.165, 1.54) is 0 Å². The number of rotatable bonds is 6. The van der Waals surface area contributed by atoms with Gasteiger partial charge in [0.15, 0.2) is 5.60 Å². The van der Waals surface area contributed by atoms with Crippen molar-refractivity contribution in [2.24, 2.45) is 5.92 Å². The Morgan fingerprint density at radius 2 is 2.00 bits per heavy atom. The standard InChI is InChI=1S/C25H31F2IN4O2/c1-17-14-21(11-13-31(17)16-20-8-5-9-22(29)30-20)32(28)23(33)25(34,18-6-3-2-4-7-18)19-10-12-24(26,27)15-19/h2-9,17,19,21,34H,10-16H2,1H3,(H2,29,30)/t17?,19-,21?,25+/m1/s1. The molecule has 6 nitrogen and oxygen atoms in total. The molecule has 1 aromatic carbocycles.